The number of benzene rings is 1. The molecule has 3 rings (SSSR count). The average molecular weight is 226 g/mol. The number of aromatic nitrogens is 3. The van der Waals surface area contributed by atoms with E-state index in [1.54, 1.807) is 0 Å². The van der Waals surface area contributed by atoms with E-state index in [1.165, 1.54) is 0 Å². The smallest absolute Gasteiger partial charge is 0.236 e. The first-order valence-corrected chi connectivity index (χ1v) is 5.86. The van der Waals surface area contributed by atoms with Crippen molar-refractivity contribution in [3.05, 3.63) is 36.5 Å². The van der Waals surface area contributed by atoms with Crippen LogP contribution in [0, 0.1) is 0 Å². The minimum atomic E-state index is 0.743. The maximum Gasteiger partial charge on any atom is 0.236 e. The Bertz CT molecular complexity index is 657. The molecule has 86 valence electrons. The second kappa shape index (κ2) is 4.05. The summed E-state index contributed by atoms with van der Waals surface area (Å²) in [4.78, 5) is 8.99. The number of fused-ring (bicyclic) bond motifs is 3. The van der Waals surface area contributed by atoms with E-state index >= 15 is 0 Å². The summed E-state index contributed by atoms with van der Waals surface area (Å²) in [5.41, 5.74) is 2.07. The van der Waals surface area contributed by atoms with Crippen LogP contribution in [0.3, 0.4) is 0 Å². The van der Waals surface area contributed by atoms with Gasteiger partial charge in [0.2, 0.25) is 5.78 Å². The van der Waals surface area contributed by atoms with Crippen LogP contribution in [-0.4, -0.2) is 20.9 Å². The van der Waals surface area contributed by atoms with Crippen LogP contribution in [0.25, 0.3) is 16.8 Å². The van der Waals surface area contributed by atoms with Crippen molar-refractivity contribution in [3.8, 4) is 0 Å². The lowest BCUT2D eigenvalue weighted by molar-refractivity contribution is 0.965. The fourth-order valence-electron chi connectivity index (χ4n) is 1.90. The third-order valence-electron chi connectivity index (χ3n) is 2.74. The molecule has 2 heterocycles. The largest absolute Gasteiger partial charge is 0.370 e. The Labute approximate surface area is 99.3 Å². The number of nitrogens with zero attached hydrogens (tertiary/aromatic N) is 3. The van der Waals surface area contributed by atoms with E-state index in [1.807, 2.05) is 34.9 Å². The Balaban J connectivity index is 2.13. The molecular formula is C13H14N4. The standard InChI is InChI=1S/C13H14N4/c1-2-8-14-12-7-9-17-11-6-4-3-5-10(11)15-13(17)16-12/h3-7,9H,2,8H2,1H3,(H,14,15,16). The molecule has 0 unspecified atom stereocenters. The van der Waals surface area contributed by atoms with Crippen LogP contribution in [0.5, 0.6) is 0 Å². The van der Waals surface area contributed by atoms with E-state index in [4.69, 9.17) is 0 Å². The van der Waals surface area contributed by atoms with Gasteiger partial charge in [-0.1, -0.05) is 19.1 Å². The van der Waals surface area contributed by atoms with Gasteiger partial charge in [0.1, 0.15) is 5.82 Å². The van der Waals surface area contributed by atoms with Gasteiger partial charge in [-0.15, -0.1) is 0 Å². The molecule has 0 amide bonds. The maximum atomic E-state index is 4.50. The van der Waals surface area contributed by atoms with Gasteiger partial charge in [0.25, 0.3) is 0 Å². The first-order valence-electron chi connectivity index (χ1n) is 5.86. The van der Waals surface area contributed by atoms with Crippen molar-refractivity contribution in [1.29, 1.82) is 0 Å². The summed E-state index contributed by atoms with van der Waals surface area (Å²) >= 11 is 0. The summed E-state index contributed by atoms with van der Waals surface area (Å²) in [6, 6.07) is 10.0. The van der Waals surface area contributed by atoms with Crippen LogP contribution in [0.4, 0.5) is 5.82 Å². The highest BCUT2D eigenvalue weighted by Gasteiger charge is 2.04. The van der Waals surface area contributed by atoms with Crippen LogP contribution in [0.2, 0.25) is 0 Å². The summed E-state index contributed by atoms with van der Waals surface area (Å²) in [5.74, 6) is 1.63. The van der Waals surface area contributed by atoms with Crippen molar-refractivity contribution >= 4 is 22.6 Å². The normalized spacial score (nSPS) is 11.1. The van der Waals surface area contributed by atoms with Gasteiger partial charge < -0.3 is 5.32 Å². The van der Waals surface area contributed by atoms with E-state index in [9.17, 15) is 0 Å². The van der Waals surface area contributed by atoms with Crippen LogP contribution in [0.15, 0.2) is 36.5 Å². The van der Waals surface area contributed by atoms with Crippen LogP contribution >= 0.6 is 0 Å². The molecule has 0 aliphatic heterocycles. The fraction of sp³-hybridized carbons (Fsp3) is 0.231. The molecule has 0 saturated heterocycles. The van der Waals surface area contributed by atoms with Crippen molar-refractivity contribution in [2.75, 3.05) is 11.9 Å². The molecule has 0 radical (unpaired) electrons. The molecule has 1 N–H and O–H groups in total. The molecule has 4 nitrogen and oxygen atoms in total. The molecular weight excluding hydrogens is 212 g/mol. The first kappa shape index (κ1) is 10.1. The highest BCUT2D eigenvalue weighted by molar-refractivity contribution is 5.79. The molecule has 0 aliphatic rings. The monoisotopic (exact) mass is 226 g/mol. The zero-order chi connectivity index (χ0) is 11.7. The molecule has 4 heteroatoms. The van der Waals surface area contributed by atoms with E-state index in [2.05, 4.69) is 28.3 Å². The summed E-state index contributed by atoms with van der Waals surface area (Å²) in [6.45, 7) is 3.07. The minimum Gasteiger partial charge on any atom is -0.370 e. The van der Waals surface area contributed by atoms with Crippen LogP contribution in [-0.2, 0) is 0 Å². The molecule has 3 aromatic rings. The minimum absolute atomic E-state index is 0.743. The van der Waals surface area contributed by atoms with Gasteiger partial charge in [0.05, 0.1) is 11.0 Å². The molecule has 1 aromatic carbocycles. The van der Waals surface area contributed by atoms with E-state index in [-0.39, 0.29) is 0 Å². The molecule has 0 saturated carbocycles. The predicted molar refractivity (Wildman–Crippen MR) is 69.3 cm³/mol. The summed E-state index contributed by atoms with van der Waals surface area (Å²) in [7, 11) is 0. The molecule has 0 fully saturated rings. The molecule has 2 aromatic heterocycles. The summed E-state index contributed by atoms with van der Waals surface area (Å²) in [6.07, 6.45) is 3.10. The van der Waals surface area contributed by atoms with Crippen molar-refractivity contribution in [3.63, 3.8) is 0 Å². The third kappa shape index (κ3) is 1.71. The molecule has 0 bridgehead atoms. The highest BCUT2D eigenvalue weighted by Crippen LogP contribution is 2.16. The molecule has 17 heavy (non-hydrogen) atoms. The quantitative estimate of drug-likeness (QED) is 0.746. The fourth-order valence-corrected chi connectivity index (χ4v) is 1.90. The lowest BCUT2D eigenvalue weighted by Crippen LogP contribution is -2.02. The Kier molecular flexibility index (Phi) is 2.40. The predicted octanol–water partition coefficient (Wildman–Crippen LogP) is 2.70. The van der Waals surface area contributed by atoms with Crippen molar-refractivity contribution < 1.29 is 0 Å². The first-order chi connectivity index (χ1) is 8.38. The van der Waals surface area contributed by atoms with E-state index < -0.39 is 0 Å². The molecule has 0 atom stereocenters. The number of hydrogen-bond donors (Lipinski definition) is 1. The van der Waals surface area contributed by atoms with Gasteiger partial charge in [-0.2, -0.15) is 4.98 Å². The van der Waals surface area contributed by atoms with Crippen molar-refractivity contribution in [2.24, 2.45) is 0 Å². The Morgan fingerprint density at radius 3 is 2.94 bits per heavy atom. The van der Waals surface area contributed by atoms with Gasteiger partial charge >= 0.3 is 0 Å². The van der Waals surface area contributed by atoms with E-state index in [0.29, 0.717) is 0 Å². The molecule has 0 aliphatic carbocycles. The van der Waals surface area contributed by atoms with Crippen molar-refractivity contribution in [2.45, 2.75) is 13.3 Å². The SMILES string of the molecule is CCCNc1ccn2c(n1)nc1ccccc12. The summed E-state index contributed by atoms with van der Waals surface area (Å²) < 4.78 is 2.01. The van der Waals surface area contributed by atoms with Crippen LogP contribution < -0.4 is 5.32 Å². The number of para-hydroxylation sites is 2. The van der Waals surface area contributed by atoms with Gasteiger partial charge in [0, 0.05) is 12.7 Å². The number of anilines is 1. The maximum absolute atomic E-state index is 4.50. The van der Waals surface area contributed by atoms with Gasteiger partial charge in [-0.25, -0.2) is 4.98 Å². The lowest BCUT2D eigenvalue weighted by atomic mass is 10.3. The van der Waals surface area contributed by atoms with Crippen molar-refractivity contribution in [1.82, 2.24) is 14.4 Å². The zero-order valence-corrected chi connectivity index (χ0v) is 9.72. The van der Waals surface area contributed by atoms with E-state index in [0.717, 1.165) is 35.6 Å². The number of rotatable bonds is 3. The Morgan fingerprint density at radius 1 is 1.18 bits per heavy atom. The zero-order valence-electron chi connectivity index (χ0n) is 9.72. The second-order valence-corrected chi connectivity index (χ2v) is 4.01. The topological polar surface area (TPSA) is 42.2 Å². The Hall–Kier alpha value is -2.10. The average Bonchev–Trinajstić information content (AvgIpc) is 2.74. The van der Waals surface area contributed by atoms with Gasteiger partial charge in [-0.3, -0.25) is 4.40 Å². The summed E-state index contributed by atoms with van der Waals surface area (Å²) in [5, 5.41) is 3.27. The molecule has 0 spiro atoms. The third-order valence-corrected chi connectivity index (χ3v) is 2.74. The van der Waals surface area contributed by atoms with Gasteiger partial charge in [-0.05, 0) is 24.6 Å². The number of nitrogens with one attached hydrogen (secondary N) is 1. The second-order valence-electron chi connectivity index (χ2n) is 4.01. The number of hydrogen-bond acceptors (Lipinski definition) is 3. The highest BCUT2D eigenvalue weighted by atomic mass is 15.1. The lowest BCUT2D eigenvalue weighted by Gasteiger charge is -2.03. The number of imidazole rings is 1. The Morgan fingerprint density at radius 2 is 2.06 bits per heavy atom. The van der Waals surface area contributed by atoms with Crippen LogP contribution in [0.1, 0.15) is 13.3 Å². The van der Waals surface area contributed by atoms with Gasteiger partial charge in [0.15, 0.2) is 0 Å².